The molecule has 34 heavy (non-hydrogen) atoms. The van der Waals surface area contributed by atoms with Crippen LogP contribution in [0.15, 0.2) is 42.5 Å². The number of unbranched alkanes of at least 4 members (excludes halogenated alkanes) is 4. The first-order chi connectivity index (χ1) is 16.5. The molecule has 0 aliphatic heterocycles. The van der Waals surface area contributed by atoms with Crippen LogP contribution in [-0.4, -0.2) is 5.11 Å². The van der Waals surface area contributed by atoms with Crippen LogP contribution in [0.2, 0.25) is 0 Å². The summed E-state index contributed by atoms with van der Waals surface area (Å²) in [5, 5.41) is 11.7. The molecule has 1 heteroatoms. The van der Waals surface area contributed by atoms with E-state index in [0.717, 1.165) is 17.4 Å². The number of hydrogen-bond donors (Lipinski definition) is 1. The van der Waals surface area contributed by atoms with Gasteiger partial charge in [-0.3, -0.25) is 0 Å². The standard InChI is InChI=1S/C33H50O/c1-6-8-11-15-27-21-24(3)30-19-20-31(26(5)29-17-13-10-14-18-29)33(34)32(30)25(4)22-28(23-27)16-12-9-7-2/h10,13-14,17-20,24-28,34H,6-9,11-12,15-16,21-23H2,1-5H3. The lowest BCUT2D eigenvalue weighted by atomic mass is 9.80. The van der Waals surface area contributed by atoms with E-state index in [0.29, 0.717) is 17.6 Å². The molecule has 5 atom stereocenters. The van der Waals surface area contributed by atoms with E-state index in [1.165, 1.54) is 87.3 Å². The van der Waals surface area contributed by atoms with Crippen molar-refractivity contribution >= 4 is 0 Å². The first kappa shape index (κ1) is 26.8. The van der Waals surface area contributed by atoms with E-state index in [1.807, 2.05) is 0 Å². The van der Waals surface area contributed by atoms with Crippen LogP contribution in [-0.2, 0) is 0 Å². The van der Waals surface area contributed by atoms with Gasteiger partial charge in [0.2, 0.25) is 0 Å². The lowest BCUT2D eigenvalue weighted by Crippen LogP contribution is -2.12. The number of aromatic hydroxyl groups is 1. The van der Waals surface area contributed by atoms with Crippen molar-refractivity contribution in [3.8, 4) is 5.75 Å². The Morgan fingerprint density at radius 3 is 1.94 bits per heavy atom. The fraction of sp³-hybridized carbons (Fsp3) is 0.636. The van der Waals surface area contributed by atoms with Gasteiger partial charge >= 0.3 is 0 Å². The van der Waals surface area contributed by atoms with E-state index >= 15 is 0 Å². The summed E-state index contributed by atoms with van der Waals surface area (Å²) in [4.78, 5) is 0. The van der Waals surface area contributed by atoms with E-state index in [4.69, 9.17) is 0 Å². The maximum Gasteiger partial charge on any atom is 0.123 e. The zero-order valence-electron chi connectivity index (χ0n) is 22.7. The smallest absolute Gasteiger partial charge is 0.123 e. The van der Waals surface area contributed by atoms with Crippen molar-refractivity contribution in [2.24, 2.45) is 11.8 Å². The van der Waals surface area contributed by atoms with E-state index < -0.39 is 0 Å². The molecule has 0 heterocycles. The molecule has 0 saturated heterocycles. The van der Waals surface area contributed by atoms with Gasteiger partial charge in [-0.2, -0.15) is 0 Å². The molecule has 0 amide bonds. The van der Waals surface area contributed by atoms with Gasteiger partial charge in [0.05, 0.1) is 0 Å². The summed E-state index contributed by atoms with van der Waals surface area (Å²) in [5.41, 5.74) is 5.02. The van der Waals surface area contributed by atoms with Crippen molar-refractivity contribution in [3.63, 3.8) is 0 Å². The molecule has 1 N–H and O–H groups in total. The molecule has 0 spiro atoms. The maximum atomic E-state index is 11.7. The molecule has 0 aromatic heterocycles. The topological polar surface area (TPSA) is 20.2 Å². The van der Waals surface area contributed by atoms with E-state index in [-0.39, 0.29) is 5.92 Å². The third-order valence-electron chi connectivity index (χ3n) is 8.54. The molecule has 1 nitrogen and oxygen atoms in total. The van der Waals surface area contributed by atoms with Crippen LogP contribution in [0, 0.1) is 11.8 Å². The third-order valence-corrected chi connectivity index (χ3v) is 8.54. The van der Waals surface area contributed by atoms with E-state index in [2.05, 4.69) is 77.1 Å². The Labute approximate surface area is 210 Å². The van der Waals surface area contributed by atoms with E-state index in [9.17, 15) is 5.11 Å². The number of hydrogen-bond acceptors (Lipinski definition) is 1. The Balaban J connectivity index is 1.94. The number of phenols is 1. The Kier molecular flexibility index (Phi) is 10.5. The maximum absolute atomic E-state index is 11.7. The zero-order valence-corrected chi connectivity index (χ0v) is 22.7. The Hall–Kier alpha value is -1.76. The van der Waals surface area contributed by atoms with Gasteiger partial charge in [-0.1, -0.05) is 128 Å². The summed E-state index contributed by atoms with van der Waals surface area (Å²) in [6.07, 6.45) is 14.6. The van der Waals surface area contributed by atoms with Crippen LogP contribution in [0.5, 0.6) is 5.75 Å². The summed E-state index contributed by atoms with van der Waals surface area (Å²) >= 11 is 0. The summed E-state index contributed by atoms with van der Waals surface area (Å²) in [5.74, 6) is 3.28. The van der Waals surface area contributed by atoms with E-state index in [1.54, 1.807) is 0 Å². The predicted molar refractivity (Wildman–Crippen MR) is 148 cm³/mol. The van der Waals surface area contributed by atoms with Gasteiger partial charge in [-0.05, 0) is 54.1 Å². The highest BCUT2D eigenvalue weighted by Crippen LogP contribution is 2.46. The number of rotatable bonds is 10. The Morgan fingerprint density at radius 2 is 1.35 bits per heavy atom. The number of phenolic OH excluding ortho intramolecular Hbond substituents is 1. The van der Waals surface area contributed by atoms with Gasteiger partial charge in [0, 0.05) is 17.0 Å². The highest BCUT2D eigenvalue weighted by atomic mass is 16.3. The fourth-order valence-electron chi connectivity index (χ4n) is 6.60. The SMILES string of the molecule is CCCCCC1CC(CCCCC)CC(C)c2c(ccc(C(C)c3ccccc3)c2O)C(C)C1. The zero-order chi connectivity index (χ0) is 24.5. The summed E-state index contributed by atoms with van der Waals surface area (Å²) in [6.45, 7) is 11.7. The van der Waals surface area contributed by atoms with Gasteiger partial charge in [0.25, 0.3) is 0 Å². The van der Waals surface area contributed by atoms with Crippen LogP contribution in [0.1, 0.15) is 145 Å². The molecule has 1 aliphatic carbocycles. The van der Waals surface area contributed by atoms with Gasteiger partial charge in [0.1, 0.15) is 5.75 Å². The van der Waals surface area contributed by atoms with Crippen LogP contribution >= 0.6 is 0 Å². The fourth-order valence-corrected chi connectivity index (χ4v) is 6.60. The monoisotopic (exact) mass is 462 g/mol. The number of fused-ring (bicyclic) bond motifs is 1. The van der Waals surface area contributed by atoms with Crippen molar-refractivity contribution in [1.29, 1.82) is 0 Å². The molecule has 188 valence electrons. The van der Waals surface area contributed by atoms with Crippen LogP contribution < -0.4 is 0 Å². The Bertz CT molecular complexity index is 854. The summed E-state index contributed by atoms with van der Waals surface area (Å²) in [6, 6.07) is 15.2. The number of benzene rings is 2. The first-order valence-electron chi connectivity index (χ1n) is 14.4. The summed E-state index contributed by atoms with van der Waals surface area (Å²) in [7, 11) is 0. The van der Waals surface area contributed by atoms with Crippen LogP contribution in [0.25, 0.3) is 0 Å². The van der Waals surface area contributed by atoms with Crippen molar-refractivity contribution in [2.45, 2.75) is 123 Å². The molecule has 0 saturated carbocycles. The lowest BCUT2D eigenvalue weighted by molar-refractivity contribution is 0.282. The first-order valence-corrected chi connectivity index (χ1v) is 14.4. The lowest BCUT2D eigenvalue weighted by Gasteiger charge is -2.26. The van der Waals surface area contributed by atoms with Gasteiger partial charge in [-0.15, -0.1) is 0 Å². The molecule has 0 bridgehead atoms. The van der Waals surface area contributed by atoms with Crippen LogP contribution in [0.3, 0.4) is 0 Å². The molecular weight excluding hydrogens is 412 g/mol. The average Bonchev–Trinajstić information content (AvgIpc) is 2.88. The molecule has 5 unspecified atom stereocenters. The van der Waals surface area contributed by atoms with Gasteiger partial charge in [-0.25, -0.2) is 0 Å². The van der Waals surface area contributed by atoms with Crippen molar-refractivity contribution in [1.82, 2.24) is 0 Å². The second-order valence-electron chi connectivity index (χ2n) is 11.4. The highest BCUT2D eigenvalue weighted by Gasteiger charge is 2.30. The molecule has 2 aromatic carbocycles. The minimum Gasteiger partial charge on any atom is -0.507 e. The summed E-state index contributed by atoms with van der Waals surface area (Å²) < 4.78 is 0. The minimum absolute atomic E-state index is 0.198. The molecule has 2 aromatic rings. The molecular formula is C33H50O. The quantitative estimate of drug-likeness (QED) is 0.348. The normalized spacial score (nSPS) is 24.0. The third kappa shape index (κ3) is 6.89. The van der Waals surface area contributed by atoms with Crippen molar-refractivity contribution in [2.75, 3.05) is 0 Å². The van der Waals surface area contributed by atoms with Crippen LogP contribution in [0.4, 0.5) is 0 Å². The molecule has 1 aliphatic rings. The second-order valence-corrected chi connectivity index (χ2v) is 11.4. The average molecular weight is 463 g/mol. The largest absolute Gasteiger partial charge is 0.507 e. The van der Waals surface area contributed by atoms with Gasteiger partial charge in [0.15, 0.2) is 0 Å². The Morgan fingerprint density at radius 1 is 0.765 bits per heavy atom. The highest BCUT2D eigenvalue weighted by molar-refractivity contribution is 5.52. The van der Waals surface area contributed by atoms with Crippen molar-refractivity contribution in [3.05, 3.63) is 64.7 Å². The van der Waals surface area contributed by atoms with Crippen molar-refractivity contribution < 1.29 is 5.11 Å². The minimum atomic E-state index is 0.198. The molecule has 3 rings (SSSR count). The molecule has 0 radical (unpaired) electrons. The second kappa shape index (κ2) is 13.4. The predicted octanol–water partition coefficient (Wildman–Crippen LogP) is 10.3. The molecule has 0 fully saturated rings. The van der Waals surface area contributed by atoms with Gasteiger partial charge < -0.3 is 5.11 Å².